The number of piperidine rings is 1. The van der Waals surface area contributed by atoms with Crippen LogP contribution in [0.1, 0.15) is 37.7 Å². The lowest BCUT2D eigenvalue weighted by molar-refractivity contribution is -0.140. The van der Waals surface area contributed by atoms with Gasteiger partial charge in [-0.3, -0.25) is 9.79 Å². The molecule has 2 saturated heterocycles. The smallest absolute Gasteiger partial charge is 0.225 e. The summed E-state index contributed by atoms with van der Waals surface area (Å²) in [5.74, 6) is -0.0882. The lowest BCUT2D eigenvalue weighted by atomic mass is 9.95. The van der Waals surface area contributed by atoms with Crippen LogP contribution in [0.3, 0.4) is 0 Å². The van der Waals surface area contributed by atoms with Gasteiger partial charge < -0.3 is 19.9 Å². The molecule has 1 aliphatic carbocycles. The Hall–Kier alpha value is -1.49. The fourth-order valence-electron chi connectivity index (χ4n) is 4.47. The number of carbonyl (C=O) groups is 1. The van der Waals surface area contributed by atoms with Gasteiger partial charge in [0.25, 0.3) is 0 Å². The maximum atomic E-state index is 14.1. The molecular formula is C22H31F2IN4O2. The molecule has 1 saturated carbocycles. The predicted molar refractivity (Wildman–Crippen MR) is 126 cm³/mol. The first-order valence-corrected chi connectivity index (χ1v) is 10.9. The van der Waals surface area contributed by atoms with E-state index >= 15 is 0 Å². The van der Waals surface area contributed by atoms with Crippen molar-refractivity contribution in [3.63, 3.8) is 0 Å². The molecule has 2 atom stereocenters. The maximum Gasteiger partial charge on any atom is 0.225 e. The Balaban J connectivity index is 0.00000272. The molecule has 172 valence electrons. The minimum atomic E-state index is -0.485. The minimum Gasteiger partial charge on any atom is -0.378 e. The Bertz CT molecular complexity index is 775. The van der Waals surface area contributed by atoms with Gasteiger partial charge in [-0.1, -0.05) is 6.07 Å². The number of aliphatic imine (C=N–C) groups is 1. The third-order valence-electron chi connectivity index (χ3n) is 6.25. The number of guanidine groups is 1. The summed E-state index contributed by atoms with van der Waals surface area (Å²) >= 11 is 0. The van der Waals surface area contributed by atoms with Crippen molar-refractivity contribution in [3.8, 4) is 0 Å². The summed E-state index contributed by atoms with van der Waals surface area (Å²) in [7, 11) is 0. The van der Waals surface area contributed by atoms with E-state index in [-0.39, 0.29) is 53.3 Å². The normalized spacial score (nSPS) is 24.5. The monoisotopic (exact) mass is 548 g/mol. The molecule has 31 heavy (non-hydrogen) atoms. The number of amides is 1. The van der Waals surface area contributed by atoms with E-state index in [1.54, 1.807) is 0 Å². The van der Waals surface area contributed by atoms with E-state index in [4.69, 9.17) is 4.74 Å². The van der Waals surface area contributed by atoms with Gasteiger partial charge in [0, 0.05) is 56.2 Å². The lowest BCUT2D eigenvalue weighted by Gasteiger charge is -2.37. The number of likely N-dealkylation sites (tertiary alicyclic amines) is 1. The van der Waals surface area contributed by atoms with Gasteiger partial charge >= 0.3 is 0 Å². The second-order valence-electron chi connectivity index (χ2n) is 8.23. The molecule has 3 fully saturated rings. The van der Waals surface area contributed by atoms with Crippen LogP contribution in [0.25, 0.3) is 0 Å². The molecule has 0 bridgehead atoms. The summed E-state index contributed by atoms with van der Waals surface area (Å²) < 4.78 is 33.5. The van der Waals surface area contributed by atoms with Crippen molar-refractivity contribution in [2.75, 3.05) is 45.9 Å². The molecule has 0 radical (unpaired) electrons. The van der Waals surface area contributed by atoms with Crippen molar-refractivity contribution >= 4 is 35.8 Å². The van der Waals surface area contributed by atoms with Crippen LogP contribution in [-0.4, -0.2) is 73.6 Å². The van der Waals surface area contributed by atoms with Gasteiger partial charge in [-0.25, -0.2) is 8.78 Å². The number of nitrogens with one attached hydrogen (secondary N) is 1. The van der Waals surface area contributed by atoms with Crippen LogP contribution in [0.4, 0.5) is 8.78 Å². The summed E-state index contributed by atoms with van der Waals surface area (Å²) in [5, 5.41) is 3.40. The standard InChI is InChI=1S/C22H30F2N4O2.HI/c1-2-25-22(26-19-14-16(19)20-17(23)4-3-5-18(20)24)28-8-6-15(7-9-28)21(29)27-10-12-30-13-11-27;/h3-5,15-16,19H,2,6-14H2,1H3,(H,25,26);1H. The highest BCUT2D eigenvalue weighted by Gasteiger charge is 2.43. The van der Waals surface area contributed by atoms with Gasteiger partial charge in [0.1, 0.15) is 11.6 Å². The predicted octanol–water partition coefficient (Wildman–Crippen LogP) is 2.98. The van der Waals surface area contributed by atoms with Gasteiger partial charge in [-0.15, -0.1) is 24.0 Å². The van der Waals surface area contributed by atoms with Crippen molar-refractivity contribution in [2.45, 2.75) is 38.1 Å². The van der Waals surface area contributed by atoms with E-state index in [2.05, 4.69) is 15.2 Å². The molecule has 1 N–H and O–H groups in total. The number of ether oxygens (including phenoxy) is 1. The van der Waals surface area contributed by atoms with Gasteiger partial charge in [-0.2, -0.15) is 0 Å². The highest BCUT2D eigenvalue weighted by Crippen LogP contribution is 2.43. The molecule has 0 spiro atoms. The minimum absolute atomic E-state index is 0. The van der Waals surface area contributed by atoms with Crippen LogP contribution < -0.4 is 5.32 Å². The van der Waals surface area contributed by atoms with Crippen molar-refractivity contribution in [1.82, 2.24) is 15.1 Å². The third kappa shape index (κ3) is 5.66. The van der Waals surface area contributed by atoms with Crippen LogP contribution >= 0.6 is 24.0 Å². The zero-order valence-electron chi connectivity index (χ0n) is 17.9. The zero-order valence-corrected chi connectivity index (χ0v) is 20.2. The highest BCUT2D eigenvalue weighted by atomic mass is 127. The van der Waals surface area contributed by atoms with Gasteiger partial charge in [-0.05, 0) is 38.3 Å². The Morgan fingerprint density at radius 2 is 1.77 bits per heavy atom. The van der Waals surface area contributed by atoms with E-state index in [0.29, 0.717) is 39.3 Å². The molecule has 1 aromatic carbocycles. The molecule has 0 aromatic heterocycles. The molecule has 1 amide bonds. The lowest BCUT2D eigenvalue weighted by Crippen LogP contribution is -2.50. The number of hydrogen-bond acceptors (Lipinski definition) is 3. The highest BCUT2D eigenvalue weighted by molar-refractivity contribution is 14.0. The molecule has 3 aliphatic rings. The van der Waals surface area contributed by atoms with Gasteiger partial charge in [0.15, 0.2) is 5.96 Å². The van der Waals surface area contributed by atoms with E-state index in [0.717, 1.165) is 31.9 Å². The Labute approximate surface area is 199 Å². The van der Waals surface area contributed by atoms with Gasteiger partial charge in [0.2, 0.25) is 5.91 Å². The van der Waals surface area contributed by atoms with Gasteiger partial charge in [0.05, 0.1) is 13.2 Å². The van der Waals surface area contributed by atoms with E-state index in [1.807, 2.05) is 11.8 Å². The number of carbonyl (C=O) groups excluding carboxylic acids is 1. The molecule has 2 heterocycles. The van der Waals surface area contributed by atoms with E-state index in [1.165, 1.54) is 18.2 Å². The molecule has 4 rings (SSSR count). The zero-order chi connectivity index (χ0) is 21.1. The van der Waals surface area contributed by atoms with Crippen LogP contribution in [0.15, 0.2) is 23.2 Å². The SMILES string of the molecule is CCN=C(NC1CC1c1c(F)cccc1F)N1CCC(C(=O)N2CCOCC2)CC1.I. The van der Waals surface area contributed by atoms with Crippen molar-refractivity contribution in [3.05, 3.63) is 35.4 Å². The molecule has 1 aromatic rings. The molecular weight excluding hydrogens is 517 g/mol. The topological polar surface area (TPSA) is 57.2 Å². The molecule has 2 unspecified atom stereocenters. The fraction of sp³-hybridized carbons (Fsp3) is 0.636. The van der Waals surface area contributed by atoms with Crippen molar-refractivity contribution in [1.29, 1.82) is 0 Å². The Morgan fingerprint density at radius 1 is 1.13 bits per heavy atom. The van der Waals surface area contributed by atoms with Crippen LogP contribution in [0.2, 0.25) is 0 Å². The summed E-state index contributed by atoms with van der Waals surface area (Å²) in [4.78, 5) is 21.4. The first kappa shape index (κ1) is 24.2. The number of rotatable bonds is 4. The first-order chi connectivity index (χ1) is 14.6. The van der Waals surface area contributed by atoms with E-state index in [9.17, 15) is 13.6 Å². The summed E-state index contributed by atoms with van der Waals surface area (Å²) in [5.41, 5.74) is 0.167. The molecule has 9 heteroatoms. The quantitative estimate of drug-likeness (QED) is 0.357. The maximum absolute atomic E-state index is 14.1. The largest absolute Gasteiger partial charge is 0.378 e. The Morgan fingerprint density at radius 3 is 2.39 bits per heavy atom. The second kappa shape index (κ2) is 10.9. The Kier molecular flexibility index (Phi) is 8.49. The van der Waals surface area contributed by atoms with Crippen LogP contribution in [0.5, 0.6) is 0 Å². The summed E-state index contributed by atoms with van der Waals surface area (Å²) in [6.07, 6.45) is 2.26. The number of morpholine rings is 1. The average Bonchev–Trinajstić information content (AvgIpc) is 3.52. The second-order valence-corrected chi connectivity index (χ2v) is 8.23. The number of halogens is 3. The first-order valence-electron chi connectivity index (χ1n) is 10.9. The van der Waals surface area contributed by atoms with Crippen LogP contribution in [-0.2, 0) is 9.53 Å². The fourth-order valence-corrected chi connectivity index (χ4v) is 4.47. The summed E-state index contributed by atoms with van der Waals surface area (Å²) in [6, 6.07) is 4.00. The number of hydrogen-bond donors (Lipinski definition) is 1. The number of nitrogens with zero attached hydrogens (tertiary/aromatic N) is 3. The average molecular weight is 548 g/mol. The summed E-state index contributed by atoms with van der Waals surface area (Å²) in [6.45, 7) is 6.69. The van der Waals surface area contributed by atoms with Crippen LogP contribution in [0, 0.1) is 17.6 Å². The van der Waals surface area contributed by atoms with Crippen molar-refractivity contribution < 1.29 is 18.3 Å². The van der Waals surface area contributed by atoms with Crippen molar-refractivity contribution in [2.24, 2.45) is 10.9 Å². The third-order valence-corrected chi connectivity index (χ3v) is 6.25. The van der Waals surface area contributed by atoms with E-state index < -0.39 is 11.6 Å². The molecule has 2 aliphatic heterocycles. The molecule has 6 nitrogen and oxygen atoms in total. The number of benzene rings is 1.